The molecule has 5 aliphatic rings. The lowest BCUT2D eigenvalue weighted by Gasteiger charge is -2.55. The van der Waals surface area contributed by atoms with Crippen molar-refractivity contribution >= 4 is 19.2 Å². The summed E-state index contributed by atoms with van der Waals surface area (Å²) in [6, 6.07) is 7.99. The van der Waals surface area contributed by atoms with Crippen LogP contribution < -0.4 is 10.6 Å². The summed E-state index contributed by atoms with van der Waals surface area (Å²) in [7, 11) is -3.43. The molecule has 4 aliphatic carbocycles. The normalized spacial score (nSPS) is 30.8. The number of ether oxygens (including phenoxy) is 1. The molecule has 4 saturated carbocycles. The van der Waals surface area contributed by atoms with Gasteiger partial charge in [-0.25, -0.2) is 0 Å². The molecule has 36 heavy (non-hydrogen) atoms. The summed E-state index contributed by atoms with van der Waals surface area (Å²) in [5.74, 6) is 1.94. The first-order valence-electron chi connectivity index (χ1n) is 13.8. The highest BCUT2D eigenvalue weighted by Gasteiger charge is 2.54. The first kappa shape index (κ1) is 26.2. The quantitative estimate of drug-likeness (QED) is 0.406. The van der Waals surface area contributed by atoms with Crippen LogP contribution in [0.3, 0.4) is 0 Å². The van der Waals surface area contributed by atoms with Gasteiger partial charge < -0.3 is 24.4 Å². The second-order valence-corrected chi connectivity index (χ2v) is 13.2. The molecule has 200 valence electrons. The molecule has 1 aromatic rings. The molecule has 8 nitrogen and oxygen atoms in total. The summed E-state index contributed by atoms with van der Waals surface area (Å²) < 4.78 is 30.6. The summed E-state index contributed by atoms with van der Waals surface area (Å²) in [6.07, 6.45) is 7.26. The predicted octanol–water partition coefficient (Wildman–Crippen LogP) is 4.81. The molecule has 1 amide bonds. The molecule has 0 radical (unpaired) electrons. The van der Waals surface area contributed by atoms with E-state index in [4.69, 9.17) is 13.8 Å². The van der Waals surface area contributed by atoms with Gasteiger partial charge in [0.2, 0.25) is 5.91 Å². The maximum atomic E-state index is 13.7. The number of nitrogens with one attached hydrogen (secondary N) is 2. The van der Waals surface area contributed by atoms with Crippen molar-refractivity contribution in [2.24, 2.45) is 23.2 Å². The molecule has 0 spiro atoms. The molecule has 1 heterocycles. The number of rotatable bonds is 11. The average Bonchev–Trinajstić information content (AvgIpc) is 2.86. The van der Waals surface area contributed by atoms with Crippen molar-refractivity contribution < 1.29 is 23.1 Å². The molecule has 9 heteroatoms. The van der Waals surface area contributed by atoms with E-state index in [1.54, 1.807) is 0 Å². The minimum atomic E-state index is -3.43. The van der Waals surface area contributed by atoms with Crippen LogP contribution in [0, 0.1) is 23.2 Å². The number of carbonyl (C=O) groups is 1. The zero-order valence-corrected chi connectivity index (χ0v) is 22.6. The summed E-state index contributed by atoms with van der Waals surface area (Å²) in [5.41, 5.74) is 1.77. The second-order valence-electron chi connectivity index (χ2n) is 11.1. The van der Waals surface area contributed by atoms with E-state index in [-0.39, 0.29) is 11.3 Å². The molecular formula is C27H42N3O5P. The van der Waals surface area contributed by atoms with E-state index in [9.17, 15) is 9.36 Å². The van der Waals surface area contributed by atoms with Gasteiger partial charge in [-0.2, -0.15) is 0 Å². The van der Waals surface area contributed by atoms with Crippen molar-refractivity contribution in [2.45, 2.75) is 64.8 Å². The number of hydrogen-bond acceptors (Lipinski definition) is 7. The molecule has 1 saturated heterocycles. The highest BCUT2D eigenvalue weighted by Crippen LogP contribution is 2.60. The fourth-order valence-electron chi connectivity index (χ4n) is 7.36. The molecular weight excluding hydrogens is 477 g/mol. The Morgan fingerprint density at radius 3 is 2.11 bits per heavy atom. The van der Waals surface area contributed by atoms with Crippen molar-refractivity contribution in [1.29, 1.82) is 0 Å². The fraction of sp³-hybridized carbons (Fsp3) is 0.741. The van der Waals surface area contributed by atoms with E-state index in [0.29, 0.717) is 46.1 Å². The first-order valence-corrected chi connectivity index (χ1v) is 15.4. The van der Waals surface area contributed by atoms with E-state index in [2.05, 4.69) is 15.5 Å². The third-order valence-electron chi connectivity index (χ3n) is 8.53. The van der Waals surface area contributed by atoms with Gasteiger partial charge in [-0.05, 0) is 87.8 Å². The minimum Gasteiger partial charge on any atom is -0.379 e. The molecule has 4 bridgehead atoms. The van der Waals surface area contributed by atoms with Crippen LogP contribution in [0.2, 0.25) is 0 Å². The van der Waals surface area contributed by atoms with Crippen molar-refractivity contribution in [3.05, 3.63) is 29.8 Å². The van der Waals surface area contributed by atoms with E-state index in [1.807, 2.05) is 38.1 Å². The first-order chi connectivity index (χ1) is 17.4. The third-order valence-corrected chi connectivity index (χ3v) is 10.8. The highest BCUT2D eigenvalue weighted by atomic mass is 31.2. The van der Waals surface area contributed by atoms with Gasteiger partial charge in [0, 0.05) is 30.7 Å². The minimum absolute atomic E-state index is 0.124. The Kier molecular flexibility index (Phi) is 8.09. The van der Waals surface area contributed by atoms with Crippen molar-refractivity contribution in [2.75, 3.05) is 44.8 Å². The fourth-order valence-corrected chi connectivity index (χ4v) is 9.37. The van der Waals surface area contributed by atoms with Gasteiger partial charge in [0.1, 0.15) is 0 Å². The molecule has 2 N–H and O–H groups in total. The second kappa shape index (κ2) is 11.1. The maximum absolute atomic E-state index is 13.7. The predicted molar refractivity (Wildman–Crippen MR) is 140 cm³/mol. The molecule has 1 aliphatic heterocycles. The molecule has 1 aromatic carbocycles. The van der Waals surface area contributed by atoms with Crippen LogP contribution in [-0.2, 0) is 29.7 Å². The Morgan fingerprint density at radius 2 is 1.58 bits per heavy atom. The number of morpholine rings is 1. The Hall–Kier alpha value is -1.44. The van der Waals surface area contributed by atoms with E-state index >= 15 is 0 Å². The van der Waals surface area contributed by atoms with Gasteiger partial charge >= 0.3 is 7.60 Å². The summed E-state index contributed by atoms with van der Waals surface area (Å²) in [4.78, 5) is 15.4. The number of amides is 1. The van der Waals surface area contributed by atoms with Gasteiger partial charge in [0.25, 0.3) is 0 Å². The monoisotopic (exact) mass is 519 g/mol. The van der Waals surface area contributed by atoms with Crippen LogP contribution in [0.5, 0.6) is 0 Å². The summed E-state index contributed by atoms with van der Waals surface area (Å²) in [6.45, 7) is 7.27. The van der Waals surface area contributed by atoms with E-state index < -0.39 is 13.5 Å². The molecule has 6 rings (SSSR count). The van der Waals surface area contributed by atoms with Gasteiger partial charge in [0.05, 0.1) is 26.4 Å². The zero-order chi connectivity index (χ0) is 25.2. The lowest BCUT2D eigenvalue weighted by atomic mass is 9.49. The lowest BCUT2D eigenvalue weighted by Crippen LogP contribution is -2.53. The maximum Gasteiger partial charge on any atom is 0.367 e. The van der Waals surface area contributed by atoms with Gasteiger partial charge in [-0.15, -0.1) is 0 Å². The number of anilines is 1. The van der Waals surface area contributed by atoms with E-state index in [1.165, 1.54) is 19.3 Å². The van der Waals surface area contributed by atoms with Crippen LogP contribution in [0.15, 0.2) is 24.3 Å². The summed E-state index contributed by atoms with van der Waals surface area (Å²) in [5, 5.41) is 6.67. The number of carbonyl (C=O) groups excluding carboxylic acids is 1. The van der Waals surface area contributed by atoms with Crippen molar-refractivity contribution in [3.8, 4) is 0 Å². The van der Waals surface area contributed by atoms with Crippen molar-refractivity contribution in [1.82, 2.24) is 10.2 Å². The standard InChI is InChI=1S/C27H42N3O5P/c1-3-34-36(32,35-4-2)26(30-9-11-33-12-10-30)29-24-7-5-20(6-8-24)19-28-25(31)27-16-21-13-22(17-27)15-23(14-21)18-27/h5-8,21-23,26,29H,3-4,9-19H2,1-2H3,(H,28,31). The van der Waals surface area contributed by atoms with Crippen LogP contribution in [-0.4, -0.2) is 56.2 Å². The summed E-state index contributed by atoms with van der Waals surface area (Å²) >= 11 is 0. The van der Waals surface area contributed by atoms with Gasteiger partial charge in [-0.1, -0.05) is 12.1 Å². The lowest BCUT2D eigenvalue weighted by molar-refractivity contribution is -0.146. The van der Waals surface area contributed by atoms with Gasteiger partial charge in [-0.3, -0.25) is 14.3 Å². The van der Waals surface area contributed by atoms with Crippen molar-refractivity contribution in [3.63, 3.8) is 0 Å². The van der Waals surface area contributed by atoms with Crippen LogP contribution >= 0.6 is 7.60 Å². The highest BCUT2D eigenvalue weighted by molar-refractivity contribution is 7.54. The average molecular weight is 520 g/mol. The SMILES string of the molecule is CCOP(=O)(OCC)C(Nc1ccc(CNC(=O)C23CC4CC(CC(C4)C2)C3)cc1)N1CCOCC1. The Labute approximate surface area is 215 Å². The Bertz CT molecular complexity index is 904. The van der Waals surface area contributed by atoms with Crippen LogP contribution in [0.25, 0.3) is 0 Å². The Balaban J connectivity index is 1.22. The smallest absolute Gasteiger partial charge is 0.367 e. The topological polar surface area (TPSA) is 89.1 Å². The third kappa shape index (κ3) is 5.53. The largest absolute Gasteiger partial charge is 0.379 e. The molecule has 0 aromatic heterocycles. The number of nitrogens with zero attached hydrogens (tertiary/aromatic N) is 1. The molecule has 5 fully saturated rings. The van der Waals surface area contributed by atoms with Crippen LogP contribution in [0.1, 0.15) is 57.9 Å². The van der Waals surface area contributed by atoms with E-state index in [0.717, 1.165) is 48.3 Å². The molecule has 1 unspecified atom stereocenters. The Morgan fingerprint density at radius 1 is 1.03 bits per heavy atom. The number of hydrogen-bond donors (Lipinski definition) is 2. The molecule has 1 atom stereocenters. The number of benzene rings is 1. The van der Waals surface area contributed by atoms with Crippen LogP contribution in [0.4, 0.5) is 5.69 Å². The zero-order valence-electron chi connectivity index (χ0n) is 21.7. The van der Waals surface area contributed by atoms with Gasteiger partial charge in [0.15, 0.2) is 5.91 Å².